The Morgan fingerprint density at radius 2 is 2.35 bits per heavy atom. The van der Waals surface area contributed by atoms with E-state index in [-0.39, 0.29) is 16.7 Å². The molecule has 0 aliphatic heterocycles. The Morgan fingerprint density at radius 3 is 2.87 bits per heavy atom. The summed E-state index contributed by atoms with van der Waals surface area (Å²) in [6, 6.07) is 0.976. The van der Waals surface area contributed by atoms with Crippen LogP contribution in [0.25, 0.3) is 0 Å². The maximum atomic E-state index is 14.2. The van der Waals surface area contributed by atoms with Crippen LogP contribution in [0.5, 0.6) is 0 Å². The molecule has 23 heavy (non-hydrogen) atoms. The van der Waals surface area contributed by atoms with E-state index >= 15 is 0 Å². The second kappa shape index (κ2) is 7.20. The molecule has 0 atom stereocenters. The third-order valence-electron chi connectivity index (χ3n) is 2.75. The van der Waals surface area contributed by atoms with Gasteiger partial charge in [-0.25, -0.2) is 14.2 Å². The molecular weight excluding hydrogens is 417 g/mol. The standard InChI is InChI=1S/C12H8BrClFN3O4S/c1-22-11(19)8-9(15)6(13)2-7(18(20)21)10(8)16-3-5-4-17-12(14)23-5/h2,4,16H,3H2,1H3. The van der Waals surface area contributed by atoms with Crippen LogP contribution in [0, 0.1) is 15.9 Å². The number of thiazole rings is 1. The van der Waals surface area contributed by atoms with Crippen molar-refractivity contribution in [1.29, 1.82) is 0 Å². The van der Waals surface area contributed by atoms with Crippen molar-refractivity contribution in [3.63, 3.8) is 0 Å². The van der Waals surface area contributed by atoms with E-state index in [0.29, 0.717) is 9.34 Å². The van der Waals surface area contributed by atoms with E-state index in [0.717, 1.165) is 24.5 Å². The minimum atomic E-state index is -1.03. The maximum Gasteiger partial charge on any atom is 0.343 e. The predicted molar refractivity (Wildman–Crippen MR) is 86.5 cm³/mol. The second-order valence-corrected chi connectivity index (χ2v) is 6.67. The monoisotopic (exact) mass is 423 g/mol. The molecule has 0 saturated carbocycles. The summed E-state index contributed by atoms with van der Waals surface area (Å²) in [6.07, 6.45) is 1.47. The molecule has 11 heteroatoms. The van der Waals surface area contributed by atoms with E-state index in [9.17, 15) is 19.3 Å². The summed E-state index contributed by atoms with van der Waals surface area (Å²) in [5.74, 6) is -1.98. The Morgan fingerprint density at radius 1 is 1.65 bits per heavy atom. The number of nitrogens with one attached hydrogen (secondary N) is 1. The lowest BCUT2D eigenvalue weighted by molar-refractivity contribution is -0.384. The summed E-state index contributed by atoms with van der Waals surface area (Å²) in [5.41, 5.74) is -1.29. The average Bonchev–Trinajstić information content (AvgIpc) is 2.92. The first-order chi connectivity index (χ1) is 10.8. The first-order valence-electron chi connectivity index (χ1n) is 5.94. The number of methoxy groups -OCH3 is 1. The fourth-order valence-corrected chi connectivity index (χ4v) is 3.10. The van der Waals surface area contributed by atoms with Crippen LogP contribution in [0.15, 0.2) is 16.7 Å². The van der Waals surface area contributed by atoms with Crippen LogP contribution in [-0.2, 0) is 11.3 Å². The van der Waals surface area contributed by atoms with E-state index in [1.807, 2.05) is 0 Å². The zero-order valence-electron chi connectivity index (χ0n) is 11.4. The Labute approximate surface area is 146 Å². The fraction of sp³-hybridized carbons (Fsp3) is 0.167. The number of anilines is 1. The summed E-state index contributed by atoms with van der Waals surface area (Å²) in [4.78, 5) is 26.8. The highest BCUT2D eigenvalue weighted by atomic mass is 79.9. The van der Waals surface area contributed by atoms with E-state index in [1.165, 1.54) is 6.20 Å². The number of esters is 1. The average molecular weight is 425 g/mol. The molecular formula is C12H8BrClFN3O4S. The number of nitro benzene ring substituents is 1. The Bertz CT molecular complexity index is 786. The van der Waals surface area contributed by atoms with Gasteiger partial charge in [0, 0.05) is 17.1 Å². The summed E-state index contributed by atoms with van der Waals surface area (Å²) in [5, 5.41) is 13.9. The van der Waals surface area contributed by atoms with Crippen molar-refractivity contribution in [2.45, 2.75) is 6.54 Å². The highest BCUT2D eigenvalue weighted by Gasteiger charge is 2.29. The molecule has 0 bridgehead atoms. The molecule has 122 valence electrons. The van der Waals surface area contributed by atoms with E-state index in [1.54, 1.807) is 0 Å². The molecule has 1 aromatic carbocycles. The largest absolute Gasteiger partial charge is 0.465 e. The lowest BCUT2D eigenvalue weighted by Gasteiger charge is -2.12. The molecule has 2 aromatic rings. The summed E-state index contributed by atoms with van der Waals surface area (Å²) >= 11 is 9.71. The van der Waals surface area contributed by atoms with Crippen LogP contribution in [0.2, 0.25) is 4.47 Å². The quantitative estimate of drug-likeness (QED) is 0.443. The fourth-order valence-electron chi connectivity index (χ4n) is 1.77. The van der Waals surface area contributed by atoms with Crippen LogP contribution < -0.4 is 5.32 Å². The lowest BCUT2D eigenvalue weighted by atomic mass is 10.1. The first-order valence-corrected chi connectivity index (χ1v) is 7.92. The van der Waals surface area contributed by atoms with Gasteiger partial charge in [0.1, 0.15) is 11.3 Å². The van der Waals surface area contributed by atoms with Crippen molar-refractivity contribution in [3.8, 4) is 0 Å². The van der Waals surface area contributed by atoms with Gasteiger partial charge in [0.05, 0.1) is 23.1 Å². The minimum absolute atomic E-state index is 0.0797. The SMILES string of the molecule is COC(=O)c1c(F)c(Br)cc([N+](=O)[O-])c1NCc1cnc(Cl)s1. The van der Waals surface area contributed by atoms with Crippen LogP contribution in [-0.4, -0.2) is 23.0 Å². The van der Waals surface area contributed by atoms with Gasteiger partial charge in [-0.05, 0) is 15.9 Å². The molecule has 0 amide bonds. The lowest BCUT2D eigenvalue weighted by Crippen LogP contribution is -2.13. The van der Waals surface area contributed by atoms with Gasteiger partial charge in [-0.3, -0.25) is 10.1 Å². The third-order valence-corrected chi connectivity index (χ3v) is 4.44. The smallest absolute Gasteiger partial charge is 0.343 e. The van der Waals surface area contributed by atoms with Crippen molar-refractivity contribution >= 4 is 56.2 Å². The number of aromatic nitrogens is 1. The topological polar surface area (TPSA) is 94.4 Å². The number of nitrogens with zero attached hydrogens (tertiary/aromatic N) is 2. The van der Waals surface area contributed by atoms with Gasteiger partial charge in [0.25, 0.3) is 5.69 Å². The van der Waals surface area contributed by atoms with Gasteiger partial charge in [0.2, 0.25) is 0 Å². The van der Waals surface area contributed by atoms with Gasteiger partial charge in [-0.1, -0.05) is 11.6 Å². The van der Waals surface area contributed by atoms with Gasteiger partial charge in [0.15, 0.2) is 10.3 Å². The number of hydrogen-bond donors (Lipinski definition) is 1. The second-order valence-electron chi connectivity index (χ2n) is 4.12. The number of nitro groups is 1. The molecule has 0 aliphatic rings. The summed E-state index contributed by atoms with van der Waals surface area (Å²) in [6.45, 7) is 0.0797. The number of benzene rings is 1. The first kappa shape index (κ1) is 17.6. The zero-order valence-corrected chi connectivity index (χ0v) is 14.6. The molecule has 1 N–H and O–H groups in total. The molecule has 0 unspecified atom stereocenters. The van der Waals surface area contributed by atoms with Crippen molar-refractivity contribution in [2.24, 2.45) is 0 Å². The molecule has 0 spiro atoms. The number of carbonyl (C=O) groups is 1. The number of ether oxygens (including phenoxy) is 1. The molecule has 7 nitrogen and oxygen atoms in total. The highest BCUT2D eigenvalue weighted by molar-refractivity contribution is 9.10. The number of halogens is 3. The van der Waals surface area contributed by atoms with Gasteiger partial charge >= 0.3 is 5.97 Å². The molecule has 0 aliphatic carbocycles. The maximum absolute atomic E-state index is 14.2. The number of hydrogen-bond acceptors (Lipinski definition) is 7. The molecule has 1 aromatic heterocycles. The minimum Gasteiger partial charge on any atom is -0.465 e. The Hall–Kier alpha value is -1.78. The van der Waals surface area contributed by atoms with Crippen molar-refractivity contribution < 1.29 is 18.8 Å². The van der Waals surface area contributed by atoms with Gasteiger partial charge in [-0.15, -0.1) is 11.3 Å². The zero-order chi connectivity index (χ0) is 17.1. The van der Waals surface area contributed by atoms with Crippen LogP contribution in [0.1, 0.15) is 15.2 Å². The molecule has 0 saturated heterocycles. The van der Waals surface area contributed by atoms with Crippen molar-refractivity contribution in [1.82, 2.24) is 4.98 Å². The van der Waals surface area contributed by atoms with Crippen LogP contribution in [0.3, 0.4) is 0 Å². The third kappa shape index (κ3) is 3.77. The highest BCUT2D eigenvalue weighted by Crippen LogP contribution is 2.36. The van der Waals surface area contributed by atoms with Gasteiger partial charge in [-0.2, -0.15) is 0 Å². The van der Waals surface area contributed by atoms with Crippen LogP contribution >= 0.6 is 38.9 Å². The number of rotatable bonds is 5. The molecule has 0 fully saturated rings. The molecule has 1 heterocycles. The Balaban J connectivity index is 2.51. The van der Waals surface area contributed by atoms with Crippen LogP contribution in [0.4, 0.5) is 15.8 Å². The van der Waals surface area contributed by atoms with E-state index in [4.69, 9.17) is 11.6 Å². The normalized spacial score (nSPS) is 10.4. The molecule has 0 radical (unpaired) electrons. The van der Waals surface area contributed by atoms with E-state index < -0.39 is 28.0 Å². The van der Waals surface area contributed by atoms with Crippen molar-refractivity contribution in [3.05, 3.63) is 47.6 Å². The van der Waals surface area contributed by atoms with Gasteiger partial charge < -0.3 is 10.1 Å². The number of carbonyl (C=O) groups excluding carboxylic acids is 1. The Kier molecular flexibility index (Phi) is 5.50. The van der Waals surface area contributed by atoms with E-state index in [2.05, 4.69) is 31.0 Å². The summed E-state index contributed by atoms with van der Waals surface area (Å²) in [7, 11) is 1.06. The molecule has 2 rings (SSSR count). The predicted octanol–water partition coefficient (Wildman–Crippen LogP) is 4.01. The summed E-state index contributed by atoms with van der Waals surface area (Å²) < 4.78 is 18.8. The van der Waals surface area contributed by atoms with Crippen molar-refractivity contribution in [2.75, 3.05) is 12.4 Å².